The molecule has 0 fully saturated rings. The quantitative estimate of drug-likeness (QED) is 0.737. The van der Waals surface area contributed by atoms with Crippen LogP contribution in [-0.2, 0) is 0 Å². The topological polar surface area (TPSA) is 66.5 Å². The van der Waals surface area contributed by atoms with Gasteiger partial charge >= 0.3 is 0 Å². The van der Waals surface area contributed by atoms with E-state index in [-0.39, 0.29) is 0 Å². The summed E-state index contributed by atoms with van der Waals surface area (Å²) < 4.78 is 0. The largest absolute Gasteiger partial charge is 0.357 e. The van der Waals surface area contributed by atoms with E-state index in [1.165, 1.54) is 11.1 Å². The summed E-state index contributed by atoms with van der Waals surface area (Å²) in [5.74, 6) is 0.588. The van der Waals surface area contributed by atoms with Crippen molar-refractivity contribution in [1.29, 1.82) is 0 Å². The van der Waals surface area contributed by atoms with Crippen LogP contribution in [0.5, 0.6) is 0 Å². The number of nitrogens with zero attached hydrogens (tertiary/aromatic N) is 3. The van der Waals surface area contributed by atoms with Crippen molar-refractivity contribution >= 4 is 17.0 Å². The van der Waals surface area contributed by atoms with Gasteiger partial charge in [-0.3, -0.25) is 5.10 Å². The van der Waals surface area contributed by atoms with Gasteiger partial charge in [0.25, 0.3) is 0 Å². The van der Waals surface area contributed by atoms with Gasteiger partial charge in [0.05, 0.1) is 17.3 Å². The Morgan fingerprint density at radius 3 is 2.68 bits per heavy atom. The SMILES string of the molecule is CNc1nc(-c2ccc(C)c(C)c2)c2cn[nH]c2n1. The van der Waals surface area contributed by atoms with E-state index in [9.17, 15) is 0 Å². The van der Waals surface area contributed by atoms with Gasteiger partial charge in [-0.05, 0) is 31.0 Å². The van der Waals surface area contributed by atoms with Gasteiger partial charge in [0.15, 0.2) is 5.65 Å². The molecule has 19 heavy (non-hydrogen) atoms. The second-order valence-corrected chi connectivity index (χ2v) is 4.58. The molecule has 0 aliphatic heterocycles. The van der Waals surface area contributed by atoms with Crippen LogP contribution in [0.25, 0.3) is 22.3 Å². The highest BCUT2D eigenvalue weighted by Gasteiger charge is 2.11. The maximum atomic E-state index is 4.55. The number of aryl methyl sites for hydroxylation is 2. The number of benzene rings is 1. The number of H-pyrrole nitrogens is 1. The van der Waals surface area contributed by atoms with Crippen LogP contribution < -0.4 is 5.32 Å². The molecule has 96 valence electrons. The summed E-state index contributed by atoms with van der Waals surface area (Å²) in [6.07, 6.45) is 1.76. The van der Waals surface area contributed by atoms with Crippen molar-refractivity contribution in [2.24, 2.45) is 0 Å². The summed E-state index contributed by atoms with van der Waals surface area (Å²) in [5, 5.41) is 10.8. The van der Waals surface area contributed by atoms with E-state index in [1.807, 2.05) is 7.05 Å². The summed E-state index contributed by atoms with van der Waals surface area (Å²) in [7, 11) is 1.81. The van der Waals surface area contributed by atoms with Gasteiger partial charge in [0, 0.05) is 12.6 Å². The van der Waals surface area contributed by atoms with Crippen LogP contribution >= 0.6 is 0 Å². The first-order valence-electron chi connectivity index (χ1n) is 6.15. The highest BCUT2D eigenvalue weighted by atomic mass is 15.2. The molecular formula is C14H15N5. The Morgan fingerprint density at radius 2 is 1.95 bits per heavy atom. The highest BCUT2D eigenvalue weighted by Crippen LogP contribution is 2.27. The zero-order valence-electron chi connectivity index (χ0n) is 11.2. The van der Waals surface area contributed by atoms with E-state index in [0.29, 0.717) is 5.95 Å². The van der Waals surface area contributed by atoms with Crippen molar-refractivity contribution in [3.05, 3.63) is 35.5 Å². The minimum Gasteiger partial charge on any atom is -0.357 e. The number of aromatic nitrogens is 4. The molecule has 0 unspecified atom stereocenters. The second kappa shape index (κ2) is 4.35. The van der Waals surface area contributed by atoms with Gasteiger partial charge in [0.1, 0.15) is 0 Å². The summed E-state index contributed by atoms with van der Waals surface area (Å²) >= 11 is 0. The maximum absolute atomic E-state index is 4.55. The van der Waals surface area contributed by atoms with Crippen molar-refractivity contribution in [1.82, 2.24) is 20.2 Å². The lowest BCUT2D eigenvalue weighted by atomic mass is 10.0. The van der Waals surface area contributed by atoms with Crippen LogP contribution in [0.15, 0.2) is 24.4 Å². The molecule has 0 amide bonds. The Balaban J connectivity index is 2.27. The molecule has 3 aromatic rings. The molecule has 0 bridgehead atoms. The zero-order chi connectivity index (χ0) is 13.4. The van der Waals surface area contributed by atoms with Crippen molar-refractivity contribution in [2.45, 2.75) is 13.8 Å². The maximum Gasteiger partial charge on any atom is 0.225 e. The van der Waals surface area contributed by atoms with Crippen LogP contribution in [-0.4, -0.2) is 27.2 Å². The molecule has 0 radical (unpaired) electrons. The summed E-state index contributed by atoms with van der Waals surface area (Å²) in [4.78, 5) is 8.89. The first kappa shape index (κ1) is 11.6. The fraction of sp³-hybridized carbons (Fsp3) is 0.214. The molecule has 3 rings (SSSR count). The van der Waals surface area contributed by atoms with Gasteiger partial charge in [-0.1, -0.05) is 12.1 Å². The van der Waals surface area contributed by atoms with Gasteiger partial charge in [-0.15, -0.1) is 0 Å². The van der Waals surface area contributed by atoms with Gasteiger partial charge in [-0.25, -0.2) is 4.98 Å². The predicted molar refractivity (Wildman–Crippen MR) is 76.1 cm³/mol. The number of hydrogen-bond acceptors (Lipinski definition) is 4. The normalized spacial score (nSPS) is 10.9. The van der Waals surface area contributed by atoms with E-state index >= 15 is 0 Å². The number of nitrogens with one attached hydrogen (secondary N) is 2. The van der Waals surface area contributed by atoms with Crippen LogP contribution in [0.2, 0.25) is 0 Å². The zero-order valence-corrected chi connectivity index (χ0v) is 11.2. The fourth-order valence-corrected chi connectivity index (χ4v) is 2.06. The molecule has 0 spiro atoms. The fourth-order valence-electron chi connectivity index (χ4n) is 2.06. The van der Waals surface area contributed by atoms with Crippen LogP contribution in [0, 0.1) is 13.8 Å². The molecule has 2 heterocycles. The smallest absolute Gasteiger partial charge is 0.225 e. The van der Waals surface area contributed by atoms with Crippen LogP contribution in [0.3, 0.4) is 0 Å². The number of fused-ring (bicyclic) bond motifs is 1. The minimum atomic E-state index is 0.588. The summed E-state index contributed by atoms with van der Waals surface area (Å²) in [5.41, 5.74) is 5.24. The number of aromatic amines is 1. The third kappa shape index (κ3) is 1.93. The molecule has 5 nitrogen and oxygen atoms in total. The van der Waals surface area contributed by atoms with E-state index < -0.39 is 0 Å². The second-order valence-electron chi connectivity index (χ2n) is 4.58. The number of rotatable bonds is 2. The minimum absolute atomic E-state index is 0.588. The molecule has 0 atom stereocenters. The number of anilines is 1. The van der Waals surface area contributed by atoms with Gasteiger partial charge in [0.2, 0.25) is 5.95 Å². The molecule has 2 aromatic heterocycles. The molecular weight excluding hydrogens is 238 g/mol. The van der Waals surface area contributed by atoms with Gasteiger partial charge in [-0.2, -0.15) is 10.1 Å². The monoisotopic (exact) mass is 253 g/mol. The first-order chi connectivity index (χ1) is 9.19. The van der Waals surface area contributed by atoms with Crippen LogP contribution in [0.4, 0.5) is 5.95 Å². The standard InChI is InChI=1S/C14H15N5/c1-8-4-5-10(6-9(8)2)12-11-7-16-19-13(11)18-14(15-3)17-12/h4-7H,1-3H3,(H2,15,16,17,18,19). The molecule has 2 N–H and O–H groups in total. The molecule has 0 saturated carbocycles. The average molecular weight is 253 g/mol. The average Bonchev–Trinajstić information content (AvgIpc) is 2.89. The molecule has 1 aromatic carbocycles. The summed E-state index contributed by atoms with van der Waals surface area (Å²) in [6.45, 7) is 4.21. The van der Waals surface area contributed by atoms with E-state index in [2.05, 4.69) is 57.5 Å². The van der Waals surface area contributed by atoms with E-state index in [4.69, 9.17) is 0 Å². The third-order valence-corrected chi connectivity index (χ3v) is 3.31. The number of hydrogen-bond donors (Lipinski definition) is 2. The Bertz CT molecular complexity index is 745. The molecule has 0 aliphatic carbocycles. The molecule has 0 saturated heterocycles. The third-order valence-electron chi connectivity index (χ3n) is 3.31. The Kier molecular flexibility index (Phi) is 2.67. The van der Waals surface area contributed by atoms with Crippen molar-refractivity contribution in [3.8, 4) is 11.3 Å². The van der Waals surface area contributed by atoms with E-state index in [1.54, 1.807) is 6.20 Å². The predicted octanol–water partition coefficient (Wildman–Crippen LogP) is 2.68. The van der Waals surface area contributed by atoms with Crippen molar-refractivity contribution in [3.63, 3.8) is 0 Å². The van der Waals surface area contributed by atoms with Gasteiger partial charge < -0.3 is 5.32 Å². The lowest BCUT2D eigenvalue weighted by molar-refractivity contribution is 1.09. The Labute approximate surface area is 111 Å². The van der Waals surface area contributed by atoms with Crippen molar-refractivity contribution < 1.29 is 0 Å². The molecule has 0 aliphatic rings. The first-order valence-corrected chi connectivity index (χ1v) is 6.15. The Morgan fingerprint density at radius 1 is 1.11 bits per heavy atom. The van der Waals surface area contributed by atoms with E-state index in [0.717, 1.165) is 22.3 Å². The Hall–Kier alpha value is -2.43. The van der Waals surface area contributed by atoms with Crippen LogP contribution in [0.1, 0.15) is 11.1 Å². The van der Waals surface area contributed by atoms with Crippen molar-refractivity contribution in [2.75, 3.05) is 12.4 Å². The lowest BCUT2D eigenvalue weighted by Gasteiger charge is -2.07. The highest BCUT2D eigenvalue weighted by molar-refractivity contribution is 5.90. The lowest BCUT2D eigenvalue weighted by Crippen LogP contribution is -1.98. The summed E-state index contributed by atoms with van der Waals surface area (Å²) in [6, 6.07) is 6.33. The molecule has 5 heteroatoms.